The van der Waals surface area contributed by atoms with E-state index in [9.17, 15) is 14.2 Å². The van der Waals surface area contributed by atoms with Gasteiger partial charge < -0.3 is 14.0 Å². The zero-order valence-corrected chi connectivity index (χ0v) is 9.50. The molecule has 7 heteroatoms. The first kappa shape index (κ1) is 11.0. The van der Waals surface area contributed by atoms with Gasteiger partial charge in [0.1, 0.15) is 11.3 Å². The molecule has 0 aromatic heterocycles. The molecule has 0 amide bonds. The third-order valence-corrected chi connectivity index (χ3v) is 6.72. The molecule has 0 saturated carbocycles. The number of carbonyl (C=O) groups excluding carboxylic acids is 2. The van der Waals surface area contributed by atoms with Gasteiger partial charge in [0, 0.05) is 12.8 Å². The minimum atomic E-state index is -3.38. The van der Waals surface area contributed by atoms with Crippen LogP contribution < -0.4 is 0 Å². The van der Waals surface area contributed by atoms with Crippen molar-refractivity contribution in [3.05, 3.63) is 0 Å². The van der Waals surface area contributed by atoms with E-state index in [0.29, 0.717) is 12.8 Å². The summed E-state index contributed by atoms with van der Waals surface area (Å²) >= 11 is 5.89. The van der Waals surface area contributed by atoms with Crippen molar-refractivity contribution < 1.29 is 23.6 Å². The summed E-state index contributed by atoms with van der Waals surface area (Å²) in [5.41, 5.74) is -1.68. The summed E-state index contributed by atoms with van der Waals surface area (Å²) in [4.78, 5) is 22.5. The van der Waals surface area contributed by atoms with Crippen LogP contribution in [0.25, 0.3) is 0 Å². The van der Waals surface area contributed by atoms with E-state index in [-0.39, 0.29) is 13.2 Å². The number of hydrogen-bond donors (Lipinski definition) is 0. The van der Waals surface area contributed by atoms with E-state index in [2.05, 4.69) is 0 Å². The number of ether oxygens (including phenoxy) is 2. The molecule has 2 heterocycles. The fourth-order valence-corrected chi connectivity index (χ4v) is 4.96. The highest BCUT2D eigenvalue weighted by Crippen LogP contribution is 2.64. The lowest BCUT2D eigenvalue weighted by Gasteiger charge is -2.17. The molecule has 0 aromatic rings. The number of esters is 2. The van der Waals surface area contributed by atoms with Crippen LogP contribution in [-0.4, -0.2) is 36.5 Å². The third kappa shape index (κ3) is 1.79. The van der Waals surface area contributed by atoms with Gasteiger partial charge in [0.05, 0.1) is 13.2 Å². The highest BCUT2D eigenvalue weighted by molar-refractivity contribution is 7.91. The van der Waals surface area contributed by atoms with Crippen LogP contribution in [0.4, 0.5) is 0 Å². The summed E-state index contributed by atoms with van der Waals surface area (Å²) in [5.74, 6) is -1.12. The predicted octanol–water partition coefficient (Wildman–Crippen LogP) is 1.13. The van der Waals surface area contributed by atoms with Crippen molar-refractivity contribution in [2.45, 2.75) is 24.2 Å². The van der Waals surface area contributed by atoms with Gasteiger partial charge in [0.2, 0.25) is 0 Å². The first-order chi connectivity index (χ1) is 7.03. The van der Waals surface area contributed by atoms with Crippen molar-refractivity contribution >= 4 is 29.7 Å². The molecule has 0 bridgehead atoms. The molecule has 0 aliphatic carbocycles. The fraction of sp³-hybridized carbons (Fsp3) is 0.750. The Morgan fingerprint density at radius 1 is 1.07 bits per heavy atom. The Hall–Kier alpha value is -0.540. The van der Waals surface area contributed by atoms with Crippen molar-refractivity contribution in [1.82, 2.24) is 0 Å². The molecule has 2 atom stereocenters. The topological polar surface area (TPSA) is 69.7 Å². The monoisotopic (exact) mass is 252 g/mol. The highest BCUT2D eigenvalue weighted by Gasteiger charge is 2.51. The first-order valence-electron chi connectivity index (χ1n) is 4.66. The van der Waals surface area contributed by atoms with Crippen LogP contribution in [0.1, 0.15) is 12.8 Å². The second-order valence-corrected chi connectivity index (χ2v) is 7.65. The summed E-state index contributed by atoms with van der Waals surface area (Å²) in [6.07, 6.45) is 0.646. The zero-order valence-electron chi connectivity index (χ0n) is 7.85. The smallest absolute Gasteiger partial charge is 0.317 e. The van der Waals surface area contributed by atoms with E-state index in [1.54, 1.807) is 0 Å². The average molecular weight is 253 g/mol. The molecule has 2 unspecified atom stereocenters. The summed E-state index contributed by atoms with van der Waals surface area (Å²) < 4.78 is 21.6. The number of carbonyl (C=O) groups is 2. The maximum atomic E-state index is 12.2. The Kier molecular flexibility index (Phi) is 2.77. The van der Waals surface area contributed by atoms with Crippen molar-refractivity contribution in [2.24, 2.45) is 0 Å². The molecule has 5 nitrogen and oxygen atoms in total. The molecular formula is C8H10ClO5P. The molecule has 2 aliphatic heterocycles. The van der Waals surface area contributed by atoms with Gasteiger partial charge in [-0.3, -0.25) is 9.59 Å². The van der Waals surface area contributed by atoms with Crippen molar-refractivity contribution in [1.29, 1.82) is 0 Å². The third-order valence-electron chi connectivity index (χ3n) is 2.67. The van der Waals surface area contributed by atoms with E-state index >= 15 is 0 Å². The van der Waals surface area contributed by atoms with Crippen LogP contribution in [-0.2, 0) is 23.6 Å². The van der Waals surface area contributed by atoms with Crippen molar-refractivity contribution in [3.8, 4) is 0 Å². The van der Waals surface area contributed by atoms with Gasteiger partial charge in [-0.1, -0.05) is 11.2 Å². The predicted molar refractivity (Wildman–Crippen MR) is 52.2 cm³/mol. The standard InChI is InChI=1S/C8H10ClO5P/c9-15(12,5-1-3-13-7(5)10)6-2-4-14-8(6)11/h5-6H,1-4H2. The largest absolute Gasteiger partial charge is 0.465 e. The lowest BCUT2D eigenvalue weighted by molar-refractivity contribution is -0.137. The minimum absolute atomic E-state index is 0.224. The SMILES string of the molecule is O=C1OCCC1P(=O)(Cl)C1CCOC1=O. The summed E-state index contributed by atoms with van der Waals surface area (Å²) in [6.45, 7) is -2.93. The Labute approximate surface area is 91.2 Å². The molecule has 0 radical (unpaired) electrons. The maximum Gasteiger partial charge on any atom is 0.317 e. The van der Waals surface area contributed by atoms with Crippen LogP contribution in [0, 0.1) is 0 Å². The Morgan fingerprint density at radius 3 is 1.73 bits per heavy atom. The lowest BCUT2D eigenvalue weighted by Crippen LogP contribution is -2.23. The first-order valence-corrected chi connectivity index (χ1v) is 7.41. The van der Waals surface area contributed by atoms with Crippen molar-refractivity contribution in [3.63, 3.8) is 0 Å². The normalized spacial score (nSPS) is 34.7. The van der Waals surface area contributed by atoms with E-state index in [4.69, 9.17) is 20.7 Å². The molecular weight excluding hydrogens is 243 g/mol. The summed E-state index contributed by atoms with van der Waals surface area (Å²) in [5, 5.41) is 0. The number of rotatable bonds is 2. The molecule has 0 aromatic carbocycles. The van der Waals surface area contributed by atoms with Gasteiger partial charge in [0.15, 0.2) is 6.49 Å². The van der Waals surface area contributed by atoms with E-state index < -0.39 is 29.8 Å². The molecule has 0 spiro atoms. The van der Waals surface area contributed by atoms with Crippen LogP contribution in [0.3, 0.4) is 0 Å². The average Bonchev–Trinajstić information content (AvgIpc) is 2.73. The van der Waals surface area contributed by atoms with E-state index in [1.165, 1.54) is 0 Å². The molecule has 84 valence electrons. The number of hydrogen-bond acceptors (Lipinski definition) is 5. The van der Waals surface area contributed by atoms with Crippen molar-refractivity contribution in [2.75, 3.05) is 13.2 Å². The molecule has 2 fully saturated rings. The van der Waals surface area contributed by atoms with Gasteiger partial charge in [-0.15, -0.1) is 0 Å². The number of cyclic esters (lactones) is 2. The Balaban J connectivity index is 2.22. The number of halogens is 1. The summed E-state index contributed by atoms with van der Waals surface area (Å²) in [7, 11) is 0. The molecule has 2 rings (SSSR count). The Bertz CT molecular complexity index is 325. The van der Waals surface area contributed by atoms with Crippen LogP contribution >= 0.6 is 17.7 Å². The zero-order chi connectivity index (χ0) is 11.1. The molecule has 15 heavy (non-hydrogen) atoms. The van der Waals surface area contributed by atoms with Crippen LogP contribution in [0.5, 0.6) is 0 Å². The second-order valence-electron chi connectivity index (χ2n) is 3.57. The van der Waals surface area contributed by atoms with E-state index in [0.717, 1.165) is 0 Å². The second kappa shape index (κ2) is 3.80. The molecule has 2 aliphatic rings. The van der Waals surface area contributed by atoms with Gasteiger partial charge in [-0.2, -0.15) is 0 Å². The maximum absolute atomic E-state index is 12.2. The fourth-order valence-electron chi connectivity index (χ4n) is 1.83. The quantitative estimate of drug-likeness (QED) is 0.544. The van der Waals surface area contributed by atoms with Gasteiger partial charge >= 0.3 is 11.9 Å². The van der Waals surface area contributed by atoms with Gasteiger partial charge in [0.25, 0.3) is 0 Å². The molecule has 0 N–H and O–H groups in total. The van der Waals surface area contributed by atoms with Gasteiger partial charge in [-0.05, 0) is 0 Å². The minimum Gasteiger partial charge on any atom is -0.465 e. The van der Waals surface area contributed by atoms with Gasteiger partial charge in [-0.25, -0.2) is 0 Å². The lowest BCUT2D eigenvalue weighted by atomic mass is 10.3. The van der Waals surface area contributed by atoms with Crippen LogP contribution in [0.15, 0.2) is 0 Å². The van der Waals surface area contributed by atoms with E-state index in [1.807, 2.05) is 0 Å². The molecule has 2 saturated heterocycles. The highest BCUT2D eigenvalue weighted by atomic mass is 35.7. The van der Waals surface area contributed by atoms with Crippen LogP contribution in [0.2, 0.25) is 0 Å². The Morgan fingerprint density at radius 2 is 1.47 bits per heavy atom. The summed E-state index contributed by atoms with van der Waals surface area (Å²) in [6, 6.07) is 0.